The maximum atomic E-state index is 12.9. The van der Waals surface area contributed by atoms with Crippen molar-refractivity contribution in [3.63, 3.8) is 0 Å². The van der Waals surface area contributed by atoms with Gasteiger partial charge in [-0.15, -0.1) is 0 Å². The van der Waals surface area contributed by atoms with Crippen LogP contribution in [0.5, 0.6) is 0 Å². The van der Waals surface area contributed by atoms with Gasteiger partial charge in [0, 0.05) is 18.3 Å². The lowest BCUT2D eigenvalue weighted by Crippen LogP contribution is -2.03. The van der Waals surface area contributed by atoms with Gasteiger partial charge in [0.2, 0.25) is 5.95 Å². The van der Waals surface area contributed by atoms with E-state index in [1.165, 1.54) is 6.20 Å². The highest BCUT2D eigenvalue weighted by atomic mass is 19.1. The quantitative estimate of drug-likeness (QED) is 0.717. The van der Waals surface area contributed by atoms with Crippen LogP contribution in [-0.4, -0.2) is 18.6 Å². The highest BCUT2D eigenvalue weighted by molar-refractivity contribution is 5.52. The highest BCUT2D eigenvalue weighted by Crippen LogP contribution is 2.10. The van der Waals surface area contributed by atoms with E-state index in [-0.39, 0.29) is 0 Å². The van der Waals surface area contributed by atoms with Gasteiger partial charge in [0.25, 0.3) is 0 Å². The molecule has 0 saturated heterocycles. The van der Waals surface area contributed by atoms with Gasteiger partial charge in [-0.2, -0.15) is 4.39 Å². The maximum Gasteiger partial charge on any atom is 0.216 e. The summed E-state index contributed by atoms with van der Waals surface area (Å²) in [6.07, 6.45) is 5.31. The third-order valence-corrected chi connectivity index (χ3v) is 1.80. The molecule has 1 aromatic rings. The summed E-state index contributed by atoms with van der Waals surface area (Å²) in [6.45, 7) is 2.50. The van der Waals surface area contributed by atoms with Crippen molar-refractivity contribution in [1.29, 1.82) is 0 Å². The molecule has 0 aromatic carbocycles. The molecule has 0 aliphatic carbocycles. The monoisotopic (exact) mass is 180 g/mol. The molecule has 0 bridgehead atoms. The zero-order valence-electron chi connectivity index (χ0n) is 7.84. The van der Waals surface area contributed by atoms with Crippen molar-refractivity contribution in [3.8, 4) is 0 Å². The number of nitrogens with zero attached hydrogens (tertiary/aromatic N) is 1. The summed E-state index contributed by atoms with van der Waals surface area (Å²) in [7, 11) is 1.87. The average Bonchev–Trinajstić information content (AvgIpc) is 2.13. The van der Waals surface area contributed by atoms with Crippen molar-refractivity contribution in [2.45, 2.75) is 6.92 Å². The van der Waals surface area contributed by atoms with E-state index in [1.54, 1.807) is 13.0 Å². The Morgan fingerprint density at radius 2 is 2.38 bits per heavy atom. The van der Waals surface area contributed by atoms with E-state index < -0.39 is 5.95 Å². The van der Waals surface area contributed by atoms with Crippen LogP contribution in [0.1, 0.15) is 11.1 Å². The molecule has 0 saturated carbocycles. The molecule has 0 radical (unpaired) electrons. The van der Waals surface area contributed by atoms with E-state index in [2.05, 4.69) is 10.3 Å². The predicted octanol–water partition coefficient (Wildman–Crippen LogP) is 1.76. The van der Waals surface area contributed by atoms with Crippen molar-refractivity contribution < 1.29 is 4.39 Å². The van der Waals surface area contributed by atoms with E-state index >= 15 is 0 Å². The van der Waals surface area contributed by atoms with Gasteiger partial charge in [0.1, 0.15) is 0 Å². The first-order valence-electron chi connectivity index (χ1n) is 4.18. The van der Waals surface area contributed by atoms with Gasteiger partial charge in [0.15, 0.2) is 0 Å². The summed E-state index contributed by atoms with van der Waals surface area (Å²) in [5.74, 6) is -0.397. The van der Waals surface area contributed by atoms with Crippen LogP contribution in [0.3, 0.4) is 0 Å². The first kappa shape index (κ1) is 9.86. The Labute approximate surface area is 77.5 Å². The Hall–Kier alpha value is -1.22. The molecule has 0 spiro atoms. The van der Waals surface area contributed by atoms with Crippen LogP contribution >= 0.6 is 0 Å². The fourth-order valence-electron chi connectivity index (χ4n) is 1.01. The van der Waals surface area contributed by atoms with Gasteiger partial charge < -0.3 is 5.32 Å². The Morgan fingerprint density at radius 1 is 1.62 bits per heavy atom. The fourth-order valence-corrected chi connectivity index (χ4v) is 1.01. The van der Waals surface area contributed by atoms with Crippen LogP contribution in [0.4, 0.5) is 4.39 Å². The van der Waals surface area contributed by atoms with Gasteiger partial charge in [0.05, 0.1) is 0 Å². The van der Waals surface area contributed by atoms with Gasteiger partial charge in [-0.05, 0) is 25.6 Å². The summed E-state index contributed by atoms with van der Waals surface area (Å²) >= 11 is 0. The largest absolute Gasteiger partial charge is 0.316 e. The van der Waals surface area contributed by atoms with E-state index in [4.69, 9.17) is 0 Å². The predicted molar refractivity (Wildman–Crippen MR) is 51.9 cm³/mol. The third-order valence-electron chi connectivity index (χ3n) is 1.80. The van der Waals surface area contributed by atoms with Gasteiger partial charge in [-0.3, -0.25) is 0 Å². The van der Waals surface area contributed by atoms with Crippen molar-refractivity contribution in [3.05, 3.63) is 35.4 Å². The normalized spacial score (nSPS) is 11.0. The molecule has 1 rings (SSSR count). The van der Waals surface area contributed by atoms with Crippen molar-refractivity contribution in [2.75, 3.05) is 13.6 Å². The highest BCUT2D eigenvalue weighted by Gasteiger charge is 2.00. The first-order chi connectivity index (χ1) is 6.25. The number of aromatic nitrogens is 1. The molecule has 3 heteroatoms. The Kier molecular flexibility index (Phi) is 3.58. The van der Waals surface area contributed by atoms with Gasteiger partial charge >= 0.3 is 0 Å². The zero-order chi connectivity index (χ0) is 9.68. The molecule has 0 atom stereocenters. The molecule has 0 amide bonds. The van der Waals surface area contributed by atoms with E-state index in [9.17, 15) is 4.39 Å². The Morgan fingerprint density at radius 3 is 3.08 bits per heavy atom. The second kappa shape index (κ2) is 4.72. The van der Waals surface area contributed by atoms with Gasteiger partial charge in [-0.1, -0.05) is 12.2 Å². The summed E-state index contributed by atoms with van der Waals surface area (Å²) in [5, 5.41) is 2.98. The lowest BCUT2D eigenvalue weighted by atomic mass is 10.1. The SMILES string of the molecule is CNCC=Cc1ccnc(F)c1C. The topological polar surface area (TPSA) is 24.9 Å². The maximum absolute atomic E-state index is 12.9. The molecule has 1 aromatic heterocycles. The lowest BCUT2D eigenvalue weighted by Gasteiger charge is -1.99. The second-order valence-electron chi connectivity index (χ2n) is 2.78. The number of rotatable bonds is 3. The third kappa shape index (κ3) is 2.63. The molecular formula is C10H13FN2. The lowest BCUT2D eigenvalue weighted by molar-refractivity contribution is 0.574. The van der Waals surface area contributed by atoms with Gasteiger partial charge in [-0.25, -0.2) is 4.98 Å². The number of hydrogen-bond donors (Lipinski definition) is 1. The van der Waals surface area contributed by atoms with Crippen molar-refractivity contribution >= 4 is 6.08 Å². The minimum Gasteiger partial charge on any atom is -0.316 e. The minimum atomic E-state index is -0.397. The molecule has 0 fully saturated rings. The fraction of sp³-hybridized carbons (Fsp3) is 0.300. The summed E-state index contributed by atoms with van der Waals surface area (Å²) in [6, 6.07) is 1.80. The number of pyridine rings is 1. The van der Waals surface area contributed by atoms with Crippen molar-refractivity contribution in [1.82, 2.24) is 10.3 Å². The molecule has 1 heterocycles. The standard InChI is InChI=1S/C10H13FN2/c1-8-9(4-3-6-12-2)5-7-13-10(8)11/h3-5,7,12H,6H2,1-2H3. The molecule has 13 heavy (non-hydrogen) atoms. The minimum absolute atomic E-state index is 0.397. The van der Waals surface area contributed by atoms with Crippen molar-refractivity contribution in [2.24, 2.45) is 0 Å². The molecular weight excluding hydrogens is 167 g/mol. The van der Waals surface area contributed by atoms with Crippen LogP contribution < -0.4 is 5.32 Å². The Balaban J connectivity index is 2.83. The summed E-state index contributed by atoms with van der Waals surface area (Å²) in [5.41, 5.74) is 1.47. The smallest absolute Gasteiger partial charge is 0.216 e. The zero-order valence-corrected chi connectivity index (χ0v) is 7.84. The summed E-state index contributed by atoms with van der Waals surface area (Å²) < 4.78 is 12.9. The molecule has 0 aliphatic heterocycles. The van der Waals surface area contributed by atoms with E-state index in [0.717, 1.165) is 12.1 Å². The van der Waals surface area contributed by atoms with Crippen LogP contribution in [0, 0.1) is 12.9 Å². The Bertz CT molecular complexity index is 308. The number of halogens is 1. The van der Waals surface area contributed by atoms with E-state index in [1.807, 2.05) is 19.2 Å². The van der Waals surface area contributed by atoms with E-state index in [0.29, 0.717) is 5.56 Å². The molecule has 70 valence electrons. The average molecular weight is 180 g/mol. The number of nitrogens with one attached hydrogen (secondary N) is 1. The van der Waals surface area contributed by atoms with Crippen LogP contribution in [0.15, 0.2) is 18.3 Å². The van der Waals surface area contributed by atoms with Crippen LogP contribution in [0.2, 0.25) is 0 Å². The molecule has 0 aliphatic rings. The van der Waals surface area contributed by atoms with Crippen LogP contribution in [-0.2, 0) is 0 Å². The molecule has 0 unspecified atom stereocenters. The summed E-state index contributed by atoms with van der Waals surface area (Å²) in [4.78, 5) is 3.55. The number of hydrogen-bond acceptors (Lipinski definition) is 2. The second-order valence-corrected chi connectivity index (χ2v) is 2.78. The number of likely N-dealkylation sites (N-methyl/N-ethyl adjacent to an activating group) is 1. The first-order valence-corrected chi connectivity index (χ1v) is 4.18. The molecule has 2 nitrogen and oxygen atoms in total. The molecule has 1 N–H and O–H groups in total. The van der Waals surface area contributed by atoms with Crippen LogP contribution in [0.25, 0.3) is 6.08 Å².